The first-order valence-corrected chi connectivity index (χ1v) is 4.01. The van der Waals surface area contributed by atoms with Crippen LogP contribution in [-0.4, -0.2) is 17.8 Å². The van der Waals surface area contributed by atoms with E-state index in [4.69, 9.17) is 9.84 Å². The largest absolute Gasteiger partial charge is 0.388 e. The van der Waals surface area contributed by atoms with E-state index < -0.39 is 0 Å². The van der Waals surface area contributed by atoms with E-state index in [2.05, 4.69) is 0 Å². The molecule has 0 atom stereocenters. The summed E-state index contributed by atoms with van der Waals surface area (Å²) in [5.74, 6) is 0. The second-order valence-electron chi connectivity index (χ2n) is 2.78. The molecule has 0 aliphatic heterocycles. The lowest BCUT2D eigenvalue weighted by molar-refractivity contribution is 0.0260. The van der Waals surface area contributed by atoms with Crippen LogP contribution in [0.2, 0.25) is 0 Å². The SMILES string of the molecule is O[CH]COC1CCCCC1. The van der Waals surface area contributed by atoms with Crippen molar-refractivity contribution in [2.75, 3.05) is 6.61 Å². The highest BCUT2D eigenvalue weighted by Gasteiger charge is 2.12. The van der Waals surface area contributed by atoms with Gasteiger partial charge >= 0.3 is 0 Å². The van der Waals surface area contributed by atoms with Gasteiger partial charge in [0.15, 0.2) is 0 Å². The van der Waals surface area contributed by atoms with Crippen molar-refractivity contribution in [2.24, 2.45) is 0 Å². The van der Waals surface area contributed by atoms with Crippen LogP contribution in [0.25, 0.3) is 0 Å². The highest BCUT2D eigenvalue weighted by molar-refractivity contribution is 4.65. The zero-order valence-corrected chi connectivity index (χ0v) is 6.25. The van der Waals surface area contributed by atoms with Gasteiger partial charge in [0.05, 0.1) is 12.7 Å². The lowest BCUT2D eigenvalue weighted by Gasteiger charge is -2.21. The van der Waals surface area contributed by atoms with Crippen LogP contribution in [0.15, 0.2) is 0 Å². The van der Waals surface area contributed by atoms with E-state index in [1.807, 2.05) is 0 Å². The minimum Gasteiger partial charge on any atom is -0.388 e. The summed E-state index contributed by atoms with van der Waals surface area (Å²) in [5, 5.41) is 8.35. The van der Waals surface area contributed by atoms with Crippen molar-refractivity contribution in [3.63, 3.8) is 0 Å². The molecule has 0 aromatic carbocycles. The molecule has 59 valence electrons. The Labute approximate surface area is 62.2 Å². The summed E-state index contributed by atoms with van der Waals surface area (Å²) in [5.41, 5.74) is 0. The van der Waals surface area contributed by atoms with Crippen LogP contribution in [0, 0.1) is 6.61 Å². The van der Waals surface area contributed by atoms with Gasteiger partial charge in [-0.3, -0.25) is 0 Å². The van der Waals surface area contributed by atoms with Crippen molar-refractivity contribution < 1.29 is 9.84 Å². The van der Waals surface area contributed by atoms with Crippen molar-refractivity contribution in [3.05, 3.63) is 6.61 Å². The van der Waals surface area contributed by atoms with Crippen LogP contribution in [0.5, 0.6) is 0 Å². The minimum absolute atomic E-state index is 0.394. The number of hydrogen-bond donors (Lipinski definition) is 1. The second kappa shape index (κ2) is 4.69. The Kier molecular flexibility index (Phi) is 3.76. The number of hydrogen-bond acceptors (Lipinski definition) is 2. The van der Waals surface area contributed by atoms with Gasteiger partial charge in [0, 0.05) is 0 Å². The molecule has 0 heterocycles. The monoisotopic (exact) mass is 143 g/mol. The summed E-state index contributed by atoms with van der Waals surface area (Å²) < 4.78 is 5.33. The molecular weight excluding hydrogens is 128 g/mol. The predicted molar refractivity (Wildman–Crippen MR) is 39.1 cm³/mol. The summed E-state index contributed by atoms with van der Waals surface area (Å²) in [6.07, 6.45) is 6.69. The van der Waals surface area contributed by atoms with Crippen LogP contribution in [0.3, 0.4) is 0 Å². The van der Waals surface area contributed by atoms with Gasteiger partial charge in [-0.1, -0.05) is 19.3 Å². The van der Waals surface area contributed by atoms with Gasteiger partial charge in [-0.15, -0.1) is 0 Å². The van der Waals surface area contributed by atoms with Gasteiger partial charge in [-0.25, -0.2) is 0 Å². The maximum Gasteiger partial charge on any atom is 0.105 e. The van der Waals surface area contributed by atoms with Crippen molar-refractivity contribution in [1.29, 1.82) is 0 Å². The Morgan fingerprint density at radius 3 is 2.60 bits per heavy atom. The van der Waals surface area contributed by atoms with Crippen molar-refractivity contribution in [3.8, 4) is 0 Å². The van der Waals surface area contributed by atoms with E-state index in [0.717, 1.165) is 6.61 Å². The Bertz CT molecular complexity index is 77.3. The van der Waals surface area contributed by atoms with Crippen LogP contribution in [0.4, 0.5) is 0 Å². The van der Waals surface area contributed by atoms with E-state index in [1.54, 1.807) is 0 Å². The first-order valence-electron chi connectivity index (χ1n) is 4.01. The average molecular weight is 143 g/mol. The molecule has 2 heteroatoms. The smallest absolute Gasteiger partial charge is 0.105 e. The summed E-state index contributed by atoms with van der Waals surface area (Å²) in [6, 6.07) is 0. The minimum atomic E-state index is 0.394. The number of aliphatic hydroxyl groups excluding tert-OH is 1. The number of aliphatic hydroxyl groups is 1. The van der Waals surface area contributed by atoms with E-state index >= 15 is 0 Å². The standard InChI is InChI=1S/C8H15O2/c9-6-7-10-8-4-2-1-3-5-8/h6,8-9H,1-5,7H2. The molecule has 2 nitrogen and oxygen atoms in total. The van der Waals surface area contributed by atoms with Crippen LogP contribution in [0.1, 0.15) is 32.1 Å². The molecule has 0 spiro atoms. The molecule has 1 fully saturated rings. The van der Waals surface area contributed by atoms with E-state index in [-0.39, 0.29) is 0 Å². The van der Waals surface area contributed by atoms with Gasteiger partial charge in [0.1, 0.15) is 6.61 Å². The molecule has 1 rings (SSSR count). The maximum atomic E-state index is 8.35. The molecule has 0 bridgehead atoms. The Morgan fingerprint density at radius 1 is 1.30 bits per heavy atom. The third kappa shape index (κ3) is 2.67. The highest BCUT2D eigenvalue weighted by atomic mass is 16.5. The van der Waals surface area contributed by atoms with Gasteiger partial charge in [0.2, 0.25) is 0 Å². The Hall–Kier alpha value is -0.0800. The maximum absolute atomic E-state index is 8.35. The van der Waals surface area contributed by atoms with Gasteiger partial charge in [-0.05, 0) is 12.8 Å². The van der Waals surface area contributed by atoms with E-state index in [1.165, 1.54) is 32.1 Å². The summed E-state index contributed by atoms with van der Waals surface area (Å²) >= 11 is 0. The summed E-state index contributed by atoms with van der Waals surface area (Å²) in [7, 11) is 0. The fraction of sp³-hybridized carbons (Fsp3) is 0.875. The lowest BCUT2D eigenvalue weighted by atomic mass is 9.98. The molecule has 0 unspecified atom stereocenters. The predicted octanol–water partition coefficient (Wildman–Crippen LogP) is 1.87. The molecule has 0 aromatic heterocycles. The zero-order chi connectivity index (χ0) is 7.23. The molecule has 0 aromatic rings. The van der Waals surface area contributed by atoms with Crippen LogP contribution < -0.4 is 0 Å². The Balaban J connectivity index is 2.02. The van der Waals surface area contributed by atoms with Gasteiger partial charge < -0.3 is 9.84 Å². The molecule has 1 radical (unpaired) electrons. The highest BCUT2D eigenvalue weighted by Crippen LogP contribution is 2.19. The normalized spacial score (nSPS) is 21.3. The van der Waals surface area contributed by atoms with E-state index in [9.17, 15) is 0 Å². The number of ether oxygens (including phenoxy) is 1. The molecule has 1 aliphatic carbocycles. The first-order chi connectivity index (χ1) is 4.93. The van der Waals surface area contributed by atoms with Gasteiger partial charge in [0.25, 0.3) is 0 Å². The topological polar surface area (TPSA) is 29.5 Å². The number of rotatable bonds is 3. The zero-order valence-electron chi connectivity index (χ0n) is 6.25. The molecular formula is C8H15O2. The fourth-order valence-electron chi connectivity index (χ4n) is 1.41. The molecule has 0 amide bonds. The first kappa shape index (κ1) is 8.02. The van der Waals surface area contributed by atoms with Crippen LogP contribution >= 0.6 is 0 Å². The average Bonchev–Trinajstić information content (AvgIpc) is 2.03. The molecule has 1 saturated carbocycles. The van der Waals surface area contributed by atoms with Crippen molar-refractivity contribution >= 4 is 0 Å². The quantitative estimate of drug-likeness (QED) is 0.653. The molecule has 1 aliphatic rings. The summed E-state index contributed by atoms with van der Waals surface area (Å²) in [4.78, 5) is 0. The van der Waals surface area contributed by atoms with Crippen molar-refractivity contribution in [2.45, 2.75) is 38.2 Å². The van der Waals surface area contributed by atoms with E-state index in [0.29, 0.717) is 12.7 Å². The lowest BCUT2D eigenvalue weighted by Crippen LogP contribution is -2.17. The summed E-state index contributed by atoms with van der Waals surface area (Å²) in [6.45, 7) is 1.47. The third-order valence-electron chi connectivity index (χ3n) is 1.96. The molecule has 10 heavy (non-hydrogen) atoms. The van der Waals surface area contributed by atoms with Gasteiger partial charge in [-0.2, -0.15) is 0 Å². The van der Waals surface area contributed by atoms with Crippen LogP contribution in [-0.2, 0) is 4.74 Å². The molecule has 1 N–H and O–H groups in total. The third-order valence-corrected chi connectivity index (χ3v) is 1.96. The molecule has 0 saturated heterocycles. The fourth-order valence-corrected chi connectivity index (χ4v) is 1.41. The van der Waals surface area contributed by atoms with Crippen molar-refractivity contribution in [1.82, 2.24) is 0 Å². The second-order valence-corrected chi connectivity index (χ2v) is 2.78. The Morgan fingerprint density at radius 2 is 2.00 bits per heavy atom.